The molecule has 0 amide bonds. The molecular formula is C62H62O17. The Kier molecular flexibility index (Phi) is 15.6. The van der Waals surface area contributed by atoms with E-state index in [4.69, 9.17) is 14.2 Å². The lowest BCUT2D eigenvalue weighted by Crippen LogP contribution is -2.90. The van der Waals surface area contributed by atoms with Crippen LogP contribution in [0.5, 0.6) is 0 Å². The van der Waals surface area contributed by atoms with Crippen molar-refractivity contribution in [1.82, 2.24) is 0 Å². The minimum absolute atomic E-state index is 0.237. The van der Waals surface area contributed by atoms with Gasteiger partial charge in [-0.05, 0) is 68.0 Å². The lowest BCUT2D eigenvalue weighted by atomic mass is 9.56. The van der Waals surface area contributed by atoms with Gasteiger partial charge in [0.15, 0.2) is 52.2 Å². The van der Waals surface area contributed by atoms with Gasteiger partial charge in [-0.25, -0.2) is 0 Å². The number of aliphatic hydroxyl groups excluding tert-OH is 2. The van der Waals surface area contributed by atoms with Crippen LogP contribution in [0.4, 0.5) is 0 Å². The molecule has 0 saturated carbocycles. The van der Waals surface area contributed by atoms with Gasteiger partial charge in [-0.15, -0.1) is 0 Å². The number of aliphatic hydroxyl groups is 8. The van der Waals surface area contributed by atoms with Gasteiger partial charge in [-0.1, -0.05) is 182 Å². The molecule has 2 fully saturated rings. The number of carbonyl (C=O) groups excluding carboxylic acids is 6. The third-order valence-corrected chi connectivity index (χ3v) is 16.4. The number of carbonyl (C=O) groups is 6. The largest absolute Gasteiger partial charge is 0.389 e. The molecular weight excluding hydrogens is 1020 g/mol. The number of ether oxygens (including phenoxy) is 3. The summed E-state index contributed by atoms with van der Waals surface area (Å²) >= 11 is 0. The van der Waals surface area contributed by atoms with E-state index in [0.717, 1.165) is 0 Å². The van der Waals surface area contributed by atoms with E-state index in [2.05, 4.69) is 0 Å². The molecule has 79 heavy (non-hydrogen) atoms. The molecule has 412 valence electrons. The van der Waals surface area contributed by atoms with Crippen molar-refractivity contribution in [2.75, 3.05) is 0 Å². The fourth-order valence-electron chi connectivity index (χ4n) is 12.4. The number of hydrogen-bond donors (Lipinski definition) is 8. The van der Waals surface area contributed by atoms with E-state index < -0.39 is 116 Å². The van der Waals surface area contributed by atoms with E-state index in [0.29, 0.717) is 41.5 Å². The average Bonchev–Trinajstić information content (AvgIpc) is 3.46. The summed E-state index contributed by atoms with van der Waals surface area (Å²) in [5, 5.41) is 106. The average molecular weight is 1080 g/mol. The van der Waals surface area contributed by atoms with Gasteiger partial charge in [0.1, 0.15) is 30.5 Å². The van der Waals surface area contributed by atoms with Crippen LogP contribution in [-0.4, -0.2) is 146 Å². The van der Waals surface area contributed by atoms with Gasteiger partial charge in [0, 0.05) is 6.92 Å². The van der Waals surface area contributed by atoms with E-state index in [9.17, 15) is 69.6 Å². The Morgan fingerprint density at radius 3 is 0.962 bits per heavy atom. The lowest BCUT2D eigenvalue weighted by Gasteiger charge is -2.62. The van der Waals surface area contributed by atoms with E-state index in [-0.39, 0.29) is 33.4 Å². The first-order chi connectivity index (χ1) is 37.3. The summed E-state index contributed by atoms with van der Waals surface area (Å²) in [6.45, 7) is 3.72. The van der Waals surface area contributed by atoms with Crippen molar-refractivity contribution in [3.8, 4) is 0 Å². The van der Waals surface area contributed by atoms with E-state index >= 15 is 0 Å². The maximum Gasteiger partial charge on any atom is 0.267 e. The van der Waals surface area contributed by atoms with Crippen LogP contribution >= 0.6 is 0 Å². The zero-order valence-corrected chi connectivity index (χ0v) is 44.0. The predicted octanol–water partition coefficient (Wildman–Crippen LogP) is 3.16. The quantitative estimate of drug-likeness (QED) is 0.0574. The van der Waals surface area contributed by atoms with Crippen LogP contribution in [-0.2, 0) is 53.8 Å². The second-order valence-corrected chi connectivity index (χ2v) is 20.4. The van der Waals surface area contributed by atoms with E-state index in [1.54, 1.807) is 182 Å². The molecule has 2 saturated heterocycles. The van der Waals surface area contributed by atoms with Gasteiger partial charge >= 0.3 is 0 Å². The smallest absolute Gasteiger partial charge is 0.267 e. The summed E-state index contributed by atoms with van der Waals surface area (Å²) in [4.78, 5) is 86.7. The minimum atomic E-state index is -4.18. The van der Waals surface area contributed by atoms with E-state index in [1.807, 2.05) is 0 Å². The van der Waals surface area contributed by atoms with Gasteiger partial charge in [0.25, 0.3) is 5.79 Å². The molecule has 8 rings (SSSR count). The molecule has 17 heteroatoms. The molecule has 6 aromatic rings. The van der Waals surface area contributed by atoms with Gasteiger partial charge in [-0.2, -0.15) is 0 Å². The van der Waals surface area contributed by atoms with Crippen molar-refractivity contribution in [1.29, 1.82) is 0 Å². The third-order valence-electron chi connectivity index (χ3n) is 16.4. The molecule has 0 bridgehead atoms. The first-order valence-electron chi connectivity index (χ1n) is 25.4. The SMILES string of the molecule is CC(=O)C1(O)O[C@H](C(O)C(c2ccccc2)(c2ccccc2)c2ccccc2)[C@@H](O[C@@H]2O[C@H](C(O)C(c3ccccc3)(c3ccccc3)c3ccccc3)[C@@](O)(C(C)=O)[C@@](O)(C(C)=O)[C@]2(O)C(C)=O)[C@@](O)(C(C)=O)[C@]1(O)C(C)=O. The molecule has 17 nitrogen and oxygen atoms in total. The summed E-state index contributed by atoms with van der Waals surface area (Å²) in [5.41, 5.74) is -23.1. The monoisotopic (exact) mass is 1080 g/mol. The van der Waals surface area contributed by atoms with Gasteiger partial charge in [0.2, 0.25) is 16.8 Å². The fraction of sp³-hybridized carbons (Fsp3) is 0.323. The Labute approximate surface area is 455 Å². The molecule has 2 heterocycles. The highest BCUT2D eigenvalue weighted by molar-refractivity contribution is 6.06. The Hall–Kier alpha value is -7.10. The molecule has 0 spiro atoms. The summed E-state index contributed by atoms with van der Waals surface area (Å²) < 4.78 is 19.2. The summed E-state index contributed by atoms with van der Waals surface area (Å²) in [6.07, 6.45) is -16.6. The Bertz CT molecular complexity index is 3040. The molecule has 2 aliphatic heterocycles. The van der Waals surface area contributed by atoms with Crippen molar-refractivity contribution in [3.05, 3.63) is 215 Å². The van der Waals surface area contributed by atoms with Crippen LogP contribution in [0, 0.1) is 0 Å². The van der Waals surface area contributed by atoms with Crippen molar-refractivity contribution in [2.24, 2.45) is 0 Å². The normalized spacial score (nSPS) is 29.8. The van der Waals surface area contributed by atoms with Gasteiger partial charge < -0.3 is 55.1 Å². The second kappa shape index (κ2) is 21.2. The Balaban J connectivity index is 1.49. The summed E-state index contributed by atoms with van der Waals surface area (Å²) in [7, 11) is 0. The first kappa shape index (κ1) is 58.1. The molecule has 6 aromatic carbocycles. The van der Waals surface area contributed by atoms with E-state index in [1.165, 1.54) is 0 Å². The highest BCUT2D eigenvalue weighted by Gasteiger charge is 2.84. The number of benzene rings is 6. The Morgan fingerprint density at radius 1 is 0.405 bits per heavy atom. The van der Waals surface area contributed by atoms with Crippen molar-refractivity contribution >= 4 is 34.7 Å². The molecule has 3 unspecified atom stereocenters. The minimum Gasteiger partial charge on any atom is -0.389 e. The molecule has 8 N–H and O–H groups in total. The second-order valence-electron chi connectivity index (χ2n) is 20.4. The highest BCUT2D eigenvalue weighted by atomic mass is 16.7. The molecule has 0 aliphatic carbocycles. The Morgan fingerprint density at radius 2 is 0.696 bits per heavy atom. The van der Waals surface area contributed by atoms with Gasteiger partial charge in [0.05, 0.1) is 10.8 Å². The van der Waals surface area contributed by atoms with Gasteiger partial charge in [-0.3, -0.25) is 28.8 Å². The molecule has 0 radical (unpaired) electrons. The van der Waals surface area contributed by atoms with Crippen LogP contribution in [0.15, 0.2) is 182 Å². The predicted molar refractivity (Wildman–Crippen MR) is 283 cm³/mol. The number of hydrogen-bond acceptors (Lipinski definition) is 17. The lowest BCUT2D eigenvalue weighted by molar-refractivity contribution is -0.426. The number of Topliss-reactive ketones (excluding diaryl/α,β-unsaturated/α-hetero) is 6. The number of ketones is 6. The zero-order valence-electron chi connectivity index (χ0n) is 44.0. The first-order valence-corrected chi connectivity index (χ1v) is 25.4. The van der Waals surface area contributed by atoms with Crippen LogP contribution < -0.4 is 0 Å². The third kappa shape index (κ3) is 8.10. The standard InChI is InChI=1S/C62H62O17/c1-37(63)57(71)52(49(79-62(76,42(6)68)61(57,75)41(5)67)50(69)55(43-25-13-7-14-26-43,44-27-15-8-16-28-44)45-29-17-9-18-30-45)77-54-59(73,39(3)65)60(74,40(4)66)58(72,38(2)64)53(78-54)51(70)56(46-31-19-10-20-32-46,47-33-21-11-22-34-47)48-35-23-12-24-36-48/h7-36,49-54,69-76H,1-6H3/t49-,50?,51?,52-,53-,54-,57+,58+,59+,60+,61-,62?/m1/s1. The maximum absolute atomic E-state index is 14.7. The van der Waals surface area contributed by atoms with Crippen LogP contribution in [0.1, 0.15) is 74.9 Å². The van der Waals surface area contributed by atoms with Crippen molar-refractivity contribution < 1.29 is 83.8 Å². The number of rotatable bonds is 18. The topological polar surface area (TPSA) is 292 Å². The molecule has 12 atom stereocenters. The molecule has 2 aliphatic rings. The van der Waals surface area contributed by atoms with Crippen molar-refractivity contribution in [2.45, 2.75) is 123 Å². The molecule has 0 aromatic heterocycles. The van der Waals surface area contributed by atoms with Crippen LogP contribution in [0.2, 0.25) is 0 Å². The van der Waals surface area contributed by atoms with Crippen LogP contribution in [0.25, 0.3) is 0 Å². The van der Waals surface area contributed by atoms with Crippen LogP contribution in [0.3, 0.4) is 0 Å². The highest BCUT2D eigenvalue weighted by Crippen LogP contribution is 2.56. The summed E-state index contributed by atoms with van der Waals surface area (Å²) in [5.74, 6) is -13.9. The zero-order chi connectivity index (χ0) is 57.7. The van der Waals surface area contributed by atoms with Crippen molar-refractivity contribution in [3.63, 3.8) is 0 Å². The maximum atomic E-state index is 14.7. The fourth-order valence-corrected chi connectivity index (χ4v) is 12.4. The summed E-state index contributed by atoms with van der Waals surface area (Å²) in [6, 6.07) is 48.3.